The van der Waals surface area contributed by atoms with E-state index in [0.29, 0.717) is 29.5 Å². The van der Waals surface area contributed by atoms with Gasteiger partial charge in [-0.2, -0.15) is 5.10 Å². The Morgan fingerprint density at radius 1 is 0.971 bits per heavy atom. The van der Waals surface area contributed by atoms with Gasteiger partial charge >= 0.3 is 0 Å². The smallest absolute Gasteiger partial charge is 0.203 e. The third kappa shape index (κ3) is 5.09. The number of benzene rings is 2. The minimum atomic E-state index is -0.555. The molecule has 0 aliphatic carbocycles. The van der Waals surface area contributed by atoms with E-state index in [9.17, 15) is 4.39 Å². The van der Waals surface area contributed by atoms with Crippen LogP contribution < -0.4 is 10.6 Å². The molecular formula is C25H24ClFN8. The summed E-state index contributed by atoms with van der Waals surface area (Å²) in [4.78, 5) is 13.2. The number of aryl methyl sites for hydroxylation is 2. The summed E-state index contributed by atoms with van der Waals surface area (Å²) in [5, 5.41) is 11.5. The van der Waals surface area contributed by atoms with E-state index in [4.69, 9.17) is 16.6 Å². The summed E-state index contributed by atoms with van der Waals surface area (Å²) in [6.45, 7) is 0.0837. The third-order valence-electron chi connectivity index (χ3n) is 5.78. The fourth-order valence-electron chi connectivity index (χ4n) is 3.83. The van der Waals surface area contributed by atoms with Gasteiger partial charge in [-0.1, -0.05) is 35.9 Å². The number of hydrogen-bond donors (Lipinski definition) is 2. The Morgan fingerprint density at radius 3 is 2.43 bits per heavy atom. The van der Waals surface area contributed by atoms with Crippen molar-refractivity contribution < 1.29 is 4.39 Å². The number of anilines is 3. The van der Waals surface area contributed by atoms with E-state index in [1.54, 1.807) is 25.5 Å². The highest BCUT2D eigenvalue weighted by Gasteiger charge is 2.10. The molecule has 10 heteroatoms. The first-order chi connectivity index (χ1) is 17.0. The Labute approximate surface area is 206 Å². The van der Waals surface area contributed by atoms with Crippen LogP contribution in [0.3, 0.4) is 0 Å². The predicted octanol–water partition coefficient (Wildman–Crippen LogP) is 5.17. The van der Waals surface area contributed by atoms with Gasteiger partial charge in [0.1, 0.15) is 12.5 Å². The van der Waals surface area contributed by atoms with E-state index >= 15 is 0 Å². The highest BCUT2D eigenvalue weighted by Crippen LogP contribution is 2.25. The van der Waals surface area contributed by atoms with Gasteiger partial charge in [0.05, 0.1) is 21.7 Å². The van der Waals surface area contributed by atoms with E-state index in [-0.39, 0.29) is 0 Å². The molecule has 0 aliphatic heterocycles. The molecule has 8 nitrogen and oxygen atoms in total. The topological polar surface area (TPSA) is 85.5 Å². The second-order valence-electron chi connectivity index (χ2n) is 8.27. The fourth-order valence-corrected chi connectivity index (χ4v) is 3.93. The number of nitrogens with one attached hydrogen (secondary N) is 2. The van der Waals surface area contributed by atoms with E-state index in [0.717, 1.165) is 39.6 Å². The average molecular weight is 491 g/mol. The third-order valence-corrected chi connectivity index (χ3v) is 5.97. The molecule has 0 spiro atoms. The fraction of sp³-hybridized carbons (Fsp3) is 0.200. The highest BCUT2D eigenvalue weighted by molar-refractivity contribution is 6.30. The molecule has 0 fully saturated rings. The Balaban J connectivity index is 1.25. The first-order valence-electron chi connectivity index (χ1n) is 11.1. The van der Waals surface area contributed by atoms with Gasteiger partial charge in [-0.25, -0.2) is 19.3 Å². The van der Waals surface area contributed by atoms with Crippen LogP contribution in [0, 0.1) is 0 Å². The van der Waals surface area contributed by atoms with Crippen LogP contribution in [-0.4, -0.2) is 29.3 Å². The number of fused-ring (bicyclic) bond motifs is 1. The molecule has 0 amide bonds. The highest BCUT2D eigenvalue weighted by atomic mass is 35.5. The van der Waals surface area contributed by atoms with Crippen molar-refractivity contribution in [1.82, 2.24) is 29.3 Å². The molecule has 0 saturated heterocycles. The maximum Gasteiger partial charge on any atom is 0.203 e. The molecule has 5 aromatic rings. The van der Waals surface area contributed by atoms with Crippen molar-refractivity contribution >= 4 is 40.1 Å². The van der Waals surface area contributed by atoms with Crippen LogP contribution in [-0.2, 0) is 33.7 Å². The Morgan fingerprint density at radius 2 is 1.71 bits per heavy atom. The predicted molar refractivity (Wildman–Crippen MR) is 136 cm³/mol. The van der Waals surface area contributed by atoms with Crippen LogP contribution in [0.25, 0.3) is 11.0 Å². The summed E-state index contributed by atoms with van der Waals surface area (Å²) in [5.41, 5.74) is 5.49. The molecule has 0 unspecified atom stereocenters. The zero-order valence-electron chi connectivity index (χ0n) is 19.3. The van der Waals surface area contributed by atoms with Gasteiger partial charge in [-0.3, -0.25) is 4.68 Å². The number of aromatic nitrogens is 6. The molecule has 0 radical (unpaired) electrons. The normalized spacial score (nSPS) is 11.2. The standard InChI is InChI=1S/C25H24ClFN8/c1-34-22-10-19(31-24-11-20(12-27)35(2)33-24)7-8-21(22)32-25(34)30-13-17-5-3-16(4-6-17)9-23-28-14-18(26)15-29-23/h3-8,10-11,14-15H,9,12-13H2,1-2H3,(H,30,32)(H,31,33). The van der Waals surface area contributed by atoms with Gasteiger partial charge in [0.25, 0.3) is 0 Å². The van der Waals surface area contributed by atoms with Crippen LogP contribution >= 0.6 is 11.6 Å². The quantitative estimate of drug-likeness (QED) is 0.312. The van der Waals surface area contributed by atoms with E-state index < -0.39 is 6.67 Å². The molecule has 35 heavy (non-hydrogen) atoms. The van der Waals surface area contributed by atoms with Gasteiger partial charge in [-0.15, -0.1) is 0 Å². The monoisotopic (exact) mass is 490 g/mol. The number of halogens is 2. The number of alkyl halides is 1. The van der Waals surface area contributed by atoms with Crippen LogP contribution in [0.15, 0.2) is 60.9 Å². The molecule has 5 rings (SSSR count). The van der Waals surface area contributed by atoms with E-state index in [2.05, 4.69) is 50.0 Å². The lowest BCUT2D eigenvalue weighted by Gasteiger charge is -2.08. The molecule has 2 N–H and O–H groups in total. The van der Waals surface area contributed by atoms with Crippen molar-refractivity contribution in [2.24, 2.45) is 14.1 Å². The number of nitrogens with zero attached hydrogens (tertiary/aromatic N) is 6. The van der Waals surface area contributed by atoms with Crippen LogP contribution in [0.5, 0.6) is 0 Å². The molecule has 0 aliphatic rings. The maximum absolute atomic E-state index is 13.0. The van der Waals surface area contributed by atoms with Gasteiger partial charge in [0.2, 0.25) is 5.95 Å². The Hall–Kier alpha value is -3.98. The minimum absolute atomic E-state index is 0.520. The van der Waals surface area contributed by atoms with Crippen molar-refractivity contribution in [3.8, 4) is 0 Å². The molecule has 0 atom stereocenters. The van der Waals surface area contributed by atoms with Crippen molar-refractivity contribution in [3.63, 3.8) is 0 Å². The first kappa shape index (κ1) is 22.8. The molecular weight excluding hydrogens is 467 g/mol. The summed E-state index contributed by atoms with van der Waals surface area (Å²) in [6.07, 6.45) is 3.87. The van der Waals surface area contributed by atoms with Crippen molar-refractivity contribution in [1.29, 1.82) is 0 Å². The molecule has 0 bridgehead atoms. The van der Waals surface area contributed by atoms with Crippen LogP contribution in [0.1, 0.15) is 22.6 Å². The van der Waals surface area contributed by atoms with Crippen molar-refractivity contribution in [3.05, 3.63) is 88.6 Å². The summed E-state index contributed by atoms with van der Waals surface area (Å²) in [6, 6.07) is 15.9. The van der Waals surface area contributed by atoms with Gasteiger partial charge < -0.3 is 15.2 Å². The molecule has 3 heterocycles. The molecule has 0 saturated carbocycles. The average Bonchev–Trinajstić information content (AvgIpc) is 3.38. The van der Waals surface area contributed by atoms with Crippen molar-refractivity contribution in [2.75, 3.05) is 10.6 Å². The lowest BCUT2D eigenvalue weighted by atomic mass is 10.1. The largest absolute Gasteiger partial charge is 0.352 e. The van der Waals surface area contributed by atoms with E-state index in [1.165, 1.54) is 4.68 Å². The second kappa shape index (κ2) is 9.71. The van der Waals surface area contributed by atoms with Gasteiger partial charge in [-0.05, 0) is 29.3 Å². The lowest BCUT2D eigenvalue weighted by molar-refractivity contribution is 0.458. The second-order valence-corrected chi connectivity index (χ2v) is 8.70. The SMILES string of the molecule is Cn1nc(Nc2ccc3nc(NCc4ccc(Cc5ncc(Cl)cn5)cc4)n(C)c3c2)cc1CF. The summed E-state index contributed by atoms with van der Waals surface area (Å²) < 4.78 is 16.5. The van der Waals surface area contributed by atoms with E-state index in [1.807, 2.05) is 29.8 Å². The van der Waals surface area contributed by atoms with Crippen LogP contribution in [0.2, 0.25) is 5.02 Å². The van der Waals surface area contributed by atoms with Gasteiger partial charge in [0.15, 0.2) is 5.82 Å². The van der Waals surface area contributed by atoms with Crippen molar-refractivity contribution in [2.45, 2.75) is 19.6 Å². The molecule has 2 aromatic carbocycles. The zero-order valence-corrected chi connectivity index (χ0v) is 20.1. The van der Waals surface area contributed by atoms with Gasteiger partial charge in [0, 0.05) is 51.2 Å². The van der Waals surface area contributed by atoms with Crippen LogP contribution in [0.4, 0.5) is 21.8 Å². The number of rotatable bonds is 8. The summed E-state index contributed by atoms with van der Waals surface area (Å²) >= 11 is 5.85. The Bertz CT molecular complexity index is 1460. The summed E-state index contributed by atoms with van der Waals surface area (Å²) in [5.74, 6) is 2.11. The molecule has 178 valence electrons. The first-order valence-corrected chi connectivity index (χ1v) is 11.5. The lowest BCUT2D eigenvalue weighted by Crippen LogP contribution is -2.05. The minimum Gasteiger partial charge on any atom is -0.352 e. The molecule has 3 aromatic heterocycles. The number of imidazole rings is 1. The zero-order chi connectivity index (χ0) is 24.4. The Kier molecular flexibility index (Phi) is 6.33. The summed E-state index contributed by atoms with van der Waals surface area (Å²) in [7, 11) is 3.70. The number of hydrogen-bond acceptors (Lipinski definition) is 6. The maximum atomic E-state index is 13.0.